The third-order valence-corrected chi connectivity index (χ3v) is 4.76. The minimum Gasteiger partial charge on any atom is -0.356 e. The summed E-state index contributed by atoms with van der Waals surface area (Å²) in [6, 6.07) is 1.86. The zero-order valence-corrected chi connectivity index (χ0v) is 15.8. The number of nitrogens with one attached hydrogen (secondary N) is 2. The topological polar surface area (TPSA) is 59.2 Å². The summed E-state index contributed by atoms with van der Waals surface area (Å²) in [5.74, 6) is 1.82. The van der Waals surface area contributed by atoms with Crippen molar-refractivity contribution in [2.75, 3.05) is 13.6 Å². The summed E-state index contributed by atoms with van der Waals surface area (Å²) in [6.45, 7) is 4.48. The van der Waals surface area contributed by atoms with Gasteiger partial charge < -0.3 is 19.8 Å². The van der Waals surface area contributed by atoms with Crippen LogP contribution in [0.5, 0.6) is 0 Å². The summed E-state index contributed by atoms with van der Waals surface area (Å²) in [7, 11) is 3.65. The van der Waals surface area contributed by atoms with Gasteiger partial charge in [-0.15, -0.1) is 0 Å². The Morgan fingerprint density at radius 3 is 2.67 bits per heavy atom. The van der Waals surface area contributed by atoms with Crippen molar-refractivity contribution in [1.29, 1.82) is 0 Å². The Kier molecular flexibility index (Phi) is 6.99. The van der Waals surface area contributed by atoms with Crippen LogP contribution in [-0.4, -0.2) is 33.7 Å². The van der Waals surface area contributed by atoms with Crippen molar-refractivity contribution in [2.24, 2.45) is 12.0 Å². The number of aryl methyl sites for hydroxylation is 2. The van der Waals surface area contributed by atoms with E-state index in [4.69, 9.17) is 23.2 Å². The van der Waals surface area contributed by atoms with E-state index in [-0.39, 0.29) is 0 Å². The second-order valence-corrected chi connectivity index (χ2v) is 6.33. The number of rotatable bonds is 7. The molecule has 0 saturated carbocycles. The van der Waals surface area contributed by atoms with Crippen molar-refractivity contribution >= 4 is 29.2 Å². The smallest absolute Gasteiger partial charge is 0.191 e. The van der Waals surface area contributed by atoms with E-state index in [0.29, 0.717) is 16.7 Å². The summed E-state index contributed by atoms with van der Waals surface area (Å²) in [6.07, 6.45) is 5.99. The molecule has 132 valence electrons. The summed E-state index contributed by atoms with van der Waals surface area (Å²) in [5, 5.41) is 7.69. The quantitative estimate of drug-likeness (QED) is 0.447. The highest BCUT2D eigenvalue weighted by atomic mass is 35.5. The average molecular weight is 371 g/mol. The predicted molar refractivity (Wildman–Crippen MR) is 99.8 cm³/mol. The second-order valence-electron chi connectivity index (χ2n) is 5.56. The molecule has 0 radical (unpaired) electrons. The summed E-state index contributed by atoms with van der Waals surface area (Å²) < 4.78 is 4.02. The molecule has 2 N–H and O–H groups in total. The zero-order valence-electron chi connectivity index (χ0n) is 14.3. The lowest BCUT2D eigenvalue weighted by molar-refractivity contribution is 0.588. The van der Waals surface area contributed by atoms with Crippen molar-refractivity contribution in [3.8, 4) is 0 Å². The maximum absolute atomic E-state index is 6.07. The van der Waals surface area contributed by atoms with E-state index in [1.54, 1.807) is 7.05 Å². The van der Waals surface area contributed by atoms with Crippen LogP contribution in [0, 0.1) is 6.92 Å². The number of guanidine groups is 1. The Labute approximate surface area is 152 Å². The largest absolute Gasteiger partial charge is 0.356 e. The van der Waals surface area contributed by atoms with Gasteiger partial charge >= 0.3 is 0 Å². The van der Waals surface area contributed by atoms with Crippen molar-refractivity contribution in [3.63, 3.8) is 0 Å². The maximum atomic E-state index is 6.07. The van der Waals surface area contributed by atoms with Crippen LogP contribution in [0.4, 0.5) is 0 Å². The number of aliphatic imine (C=N–C) groups is 1. The molecular weight excluding hydrogens is 347 g/mol. The van der Waals surface area contributed by atoms with E-state index in [1.807, 2.05) is 37.0 Å². The van der Waals surface area contributed by atoms with Gasteiger partial charge in [-0.1, -0.05) is 23.2 Å². The first-order valence-corrected chi connectivity index (χ1v) is 8.70. The predicted octanol–water partition coefficient (Wildman–Crippen LogP) is 2.98. The highest BCUT2D eigenvalue weighted by Gasteiger charge is 2.09. The van der Waals surface area contributed by atoms with E-state index in [0.717, 1.165) is 43.4 Å². The summed E-state index contributed by atoms with van der Waals surface area (Å²) in [5.41, 5.74) is 1.00. The van der Waals surface area contributed by atoms with Gasteiger partial charge in [0.2, 0.25) is 0 Å². The molecule has 2 rings (SSSR count). The fraction of sp³-hybridized carbons (Fsp3) is 0.500. The molecule has 24 heavy (non-hydrogen) atoms. The van der Waals surface area contributed by atoms with E-state index in [2.05, 4.69) is 25.2 Å². The molecule has 0 atom stereocenters. The molecule has 2 aromatic heterocycles. The molecule has 0 bridgehead atoms. The summed E-state index contributed by atoms with van der Waals surface area (Å²) in [4.78, 5) is 8.45. The number of imidazole rings is 1. The molecule has 2 aromatic rings. The summed E-state index contributed by atoms with van der Waals surface area (Å²) >= 11 is 12.1. The molecule has 0 amide bonds. The van der Waals surface area contributed by atoms with Gasteiger partial charge in [0.1, 0.15) is 11.0 Å². The highest BCUT2D eigenvalue weighted by molar-refractivity contribution is 6.41. The molecule has 0 aliphatic heterocycles. The van der Waals surface area contributed by atoms with Crippen LogP contribution in [0.25, 0.3) is 0 Å². The van der Waals surface area contributed by atoms with Gasteiger partial charge in [0.05, 0.1) is 11.6 Å². The molecule has 0 unspecified atom stereocenters. The monoisotopic (exact) mass is 370 g/mol. The number of halogens is 2. The minimum atomic E-state index is 0.547. The van der Waals surface area contributed by atoms with Crippen LogP contribution >= 0.6 is 23.2 Å². The molecule has 8 heteroatoms. The fourth-order valence-electron chi connectivity index (χ4n) is 2.41. The van der Waals surface area contributed by atoms with Gasteiger partial charge in [-0.3, -0.25) is 4.99 Å². The SMILES string of the molecule is CN=C(NCCCCn1ccnc1C)NCc1cc(Cl)c(Cl)n1C. The van der Waals surface area contributed by atoms with Gasteiger partial charge in [0.15, 0.2) is 5.96 Å². The molecule has 0 fully saturated rings. The Morgan fingerprint density at radius 1 is 1.29 bits per heavy atom. The van der Waals surface area contributed by atoms with E-state index >= 15 is 0 Å². The van der Waals surface area contributed by atoms with Crippen molar-refractivity contribution in [1.82, 2.24) is 24.8 Å². The van der Waals surface area contributed by atoms with Gasteiger partial charge in [-0.2, -0.15) is 0 Å². The second kappa shape index (κ2) is 8.99. The molecule has 0 saturated heterocycles. The first kappa shape index (κ1) is 18.7. The molecular formula is C16H24Cl2N6. The maximum Gasteiger partial charge on any atom is 0.191 e. The molecule has 0 aliphatic rings. The third kappa shape index (κ3) is 4.92. The lowest BCUT2D eigenvalue weighted by atomic mass is 10.3. The van der Waals surface area contributed by atoms with Crippen molar-refractivity contribution in [2.45, 2.75) is 32.9 Å². The van der Waals surface area contributed by atoms with Crippen LogP contribution in [0.1, 0.15) is 24.4 Å². The molecule has 2 heterocycles. The number of unbranched alkanes of at least 4 members (excludes halogenated alkanes) is 1. The molecule has 0 spiro atoms. The fourth-order valence-corrected chi connectivity index (χ4v) is 2.82. The van der Waals surface area contributed by atoms with E-state index in [1.165, 1.54) is 0 Å². The van der Waals surface area contributed by atoms with Gasteiger partial charge in [0, 0.05) is 45.3 Å². The van der Waals surface area contributed by atoms with Crippen LogP contribution in [0.3, 0.4) is 0 Å². The highest BCUT2D eigenvalue weighted by Crippen LogP contribution is 2.24. The lowest BCUT2D eigenvalue weighted by Crippen LogP contribution is -2.37. The molecule has 0 aromatic carbocycles. The first-order valence-electron chi connectivity index (χ1n) is 7.94. The van der Waals surface area contributed by atoms with Gasteiger partial charge in [-0.25, -0.2) is 4.98 Å². The van der Waals surface area contributed by atoms with Gasteiger partial charge in [0.25, 0.3) is 0 Å². The van der Waals surface area contributed by atoms with Crippen LogP contribution in [0.2, 0.25) is 10.2 Å². The number of hydrogen-bond donors (Lipinski definition) is 2. The Balaban J connectivity index is 1.69. The molecule has 6 nitrogen and oxygen atoms in total. The number of nitrogens with zero attached hydrogens (tertiary/aromatic N) is 4. The molecule has 0 aliphatic carbocycles. The Morgan fingerprint density at radius 2 is 2.08 bits per heavy atom. The Bertz CT molecular complexity index is 689. The number of hydrogen-bond acceptors (Lipinski definition) is 2. The van der Waals surface area contributed by atoms with Crippen LogP contribution in [0.15, 0.2) is 23.5 Å². The van der Waals surface area contributed by atoms with Crippen LogP contribution in [-0.2, 0) is 20.1 Å². The van der Waals surface area contributed by atoms with E-state index in [9.17, 15) is 0 Å². The minimum absolute atomic E-state index is 0.547. The first-order chi connectivity index (χ1) is 11.5. The normalized spacial score (nSPS) is 11.8. The van der Waals surface area contributed by atoms with Crippen molar-refractivity contribution in [3.05, 3.63) is 40.2 Å². The lowest BCUT2D eigenvalue weighted by Gasteiger charge is -2.12. The van der Waals surface area contributed by atoms with Gasteiger partial charge in [-0.05, 0) is 25.8 Å². The van der Waals surface area contributed by atoms with Crippen LogP contribution < -0.4 is 10.6 Å². The third-order valence-electron chi connectivity index (χ3n) is 3.92. The number of aromatic nitrogens is 3. The van der Waals surface area contributed by atoms with Crippen molar-refractivity contribution < 1.29 is 0 Å². The zero-order chi connectivity index (χ0) is 17.5. The average Bonchev–Trinajstić information content (AvgIpc) is 3.08. The van der Waals surface area contributed by atoms with E-state index < -0.39 is 0 Å². The Hall–Kier alpha value is -1.66. The standard InChI is InChI=1S/C16H24Cl2N6/c1-12-20-7-9-24(12)8-5-4-6-21-16(19-2)22-11-13-10-14(17)15(18)23(13)3/h7,9-10H,4-6,8,11H2,1-3H3,(H2,19,21,22).